The first-order chi connectivity index (χ1) is 17.9. The number of non-ortho nitro benzene ring substituents is 1. The number of nitro groups is 1. The summed E-state index contributed by atoms with van der Waals surface area (Å²) in [5.74, 6) is 1.45. The number of thiazole rings is 1. The summed E-state index contributed by atoms with van der Waals surface area (Å²) in [7, 11) is 3.19. The van der Waals surface area contributed by atoms with Crippen LogP contribution in [0.3, 0.4) is 0 Å². The first kappa shape index (κ1) is 27.9. The van der Waals surface area contributed by atoms with Crippen LogP contribution in [-0.2, 0) is 4.79 Å². The van der Waals surface area contributed by atoms with Crippen molar-refractivity contribution in [2.45, 2.75) is 20.3 Å². The normalized spacial score (nSPS) is 10.8. The molecule has 11 heteroatoms. The van der Waals surface area contributed by atoms with E-state index in [1.165, 1.54) is 35.6 Å². The molecular weight excluding hydrogens is 496 g/mol. The molecule has 0 saturated heterocycles. The summed E-state index contributed by atoms with van der Waals surface area (Å²) in [4.78, 5) is 32.4. The number of hydrogen-bond acceptors (Lipinski definition) is 9. The zero-order valence-corrected chi connectivity index (χ0v) is 22.3. The third kappa shape index (κ3) is 7.40. The van der Waals surface area contributed by atoms with Gasteiger partial charge in [0.05, 0.1) is 24.8 Å². The third-order valence-electron chi connectivity index (χ3n) is 5.87. The van der Waals surface area contributed by atoms with E-state index in [0.717, 1.165) is 31.6 Å². The fourth-order valence-corrected chi connectivity index (χ4v) is 4.60. The zero-order chi connectivity index (χ0) is 26.8. The number of anilines is 1. The van der Waals surface area contributed by atoms with E-state index in [1.807, 2.05) is 23.6 Å². The van der Waals surface area contributed by atoms with Crippen molar-refractivity contribution in [1.82, 2.24) is 9.88 Å². The largest absolute Gasteiger partial charge is 0.497 e. The lowest BCUT2D eigenvalue weighted by molar-refractivity contribution is -0.384. The minimum absolute atomic E-state index is 0.0417. The molecule has 0 atom stereocenters. The maximum absolute atomic E-state index is 13.3. The number of methoxy groups -OCH3 is 2. The number of amides is 1. The van der Waals surface area contributed by atoms with Crippen LogP contribution in [0, 0.1) is 10.1 Å². The lowest BCUT2D eigenvalue weighted by atomic mass is 10.1. The van der Waals surface area contributed by atoms with E-state index < -0.39 is 4.92 Å². The number of ether oxygens (including phenoxy) is 3. The minimum atomic E-state index is -0.482. The van der Waals surface area contributed by atoms with Crippen molar-refractivity contribution < 1.29 is 23.9 Å². The predicted molar refractivity (Wildman–Crippen MR) is 144 cm³/mol. The molecule has 1 amide bonds. The molecule has 0 unspecified atom stereocenters. The van der Waals surface area contributed by atoms with Crippen molar-refractivity contribution in [1.29, 1.82) is 0 Å². The van der Waals surface area contributed by atoms with Gasteiger partial charge in [0.1, 0.15) is 17.2 Å². The van der Waals surface area contributed by atoms with Gasteiger partial charge in [-0.15, -0.1) is 11.3 Å². The molecule has 0 spiro atoms. The second-order valence-corrected chi connectivity index (χ2v) is 8.88. The lowest BCUT2D eigenvalue weighted by Gasteiger charge is -2.23. The molecule has 0 fully saturated rings. The first-order valence-corrected chi connectivity index (χ1v) is 12.9. The van der Waals surface area contributed by atoms with Gasteiger partial charge < -0.3 is 19.1 Å². The SMILES string of the molecule is CCN(CC)CCCN(C(=O)COc1ccc([N+](=O)[O-])cc1)c1nc(-c2cc(OC)ccc2OC)cs1. The molecule has 3 rings (SSSR count). The molecule has 198 valence electrons. The smallest absolute Gasteiger partial charge is 0.269 e. The molecule has 10 nitrogen and oxygen atoms in total. The monoisotopic (exact) mass is 528 g/mol. The van der Waals surface area contributed by atoms with Crippen LogP contribution in [0.2, 0.25) is 0 Å². The minimum Gasteiger partial charge on any atom is -0.497 e. The van der Waals surface area contributed by atoms with E-state index in [2.05, 4.69) is 18.7 Å². The molecular formula is C26H32N4O6S. The maximum Gasteiger partial charge on any atom is 0.269 e. The topological polar surface area (TPSA) is 107 Å². The summed E-state index contributed by atoms with van der Waals surface area (Å²) < 4.78 is 16.5. The summed E-state index contributed by atoms with van der Waals surface area (Å²) in [5, 5.41) is 13.3. The van der Waals surface area contributed by atoms with Gasteiger partial charge in [0.15, 0.2) is 11.7 Å². The van der Waals surface area contributed by atoms with Gasteiger partial charge in [0.25, 0.3) is 11.6 Å². The summed E-state index contributed by atoms with van der Waals surface area (Å²) in [6.07, 6.45) is 0.766. The molecule has 37 heavy (non-hydrogen) atoms. The van der Waals surface area contributed by atoms with Crippen molar-refractivity contribution in [3.05, 3.63) is 58.0 Å². The Morgan fingerprint density at radius 1 is 1.03 bits per heavy atom. The van der Waals surface area contributed by atoms with Crippen LogP contribution >= 0.6 is 11.3 Å². The number of carbonyl (C=O) groups is 1. The van der Waals surface area contributed by atoms with Crippen molar-refractivity contribution in [3.63, 3.8) is 0 Å². The van der Waals surface area contributed by atoms with Gasteiger partial charge >= 0.3 is 0 Å². The van der Waals surface area contributed by atoms with Crippen molar-refractivity contribution in [3.8, 4) is 28.5 Å². The third-order valence-corrected chi connectivity index (χ3v) is 6.73. The Hall–Kier alpha value is -3.70. The average Bonchev–Trinajstić information content (AvgIpc) is 3.41. The van der Waals surface area contributed by atoms with Crippen LogP contribution in [0.1, 0.15) is 20.3 Å². The fraction of sp³-hybridized carbons (Fsp3) is 0.385. The number of nitrogens with zero attached hydrogens (tertiary/aromatic N) is 4. The summed E-state index contributed by atoms with van der Waals surface area (Å²) >= 11 is 1.36. The maximum atomic E-state index is 13.3. The second kappa shape index (κ2) is 13.6. The van der Waals surface area contributed by atoms with Gasteiger partial charge in [-0.05, 0) is 56.4 Å². The molecule has 2 aromatic carbocycles. The lowest BCUT2D eigenvalue weighted by Crippen LogP contribution is -2.37. The van der Waals surface area contributed by atoms with Crippen molar-refractivity contribution in [2.24, 2.45) is 0 Å². The van der Waals surface area contributed by atoms with Crippen molar-refractivity contribution >= 4 is 28.1 Å². The van der Waals surface area contributed by atoms with Gasteiger partial charge in [-0.3, -0.25) is 19.8 Å². The highest BCUT2D eigenvalue weighted by atomic mass is 32.1. The van der Waals surface area contributed by atoms with E-state index in [9.17, 15) is 14.9 Å². The second-order valence-electron chi connectivity index (χ2n) is 8.05. The number of aromatic nitrogens is 1. The Balaban J connectivity index is 1.80. The highest BCUT2D eigenvalue weighted by Gasteiger charge is 2.22. The summed E-state index contributed by atoms with van der Waals surface area (Å²) in [5.41, 5.74) is 1.40. The number of carbonyl (C=O) groups excluding carboxylic acids is 1. The van der Waals surface area contributed by atoms with Crippen LogP contribution in [0.4, 0.5) is 10.8 Å². The first-order valence-electron chi connectivity index (χ1n) is 12.0. The Morgan fingerprint density at radius 3 is 2.35 bits per heavy atom. The van der Waals surface area contributed by atoms with Crippen LogP contribution in [0.25, 0.3) is 11.3 Å². The van der Waals surface area contributed by atoms with Crippen LogP contribution < -0.4 is 19.1 Å². The van der Waals surface area contributed by atoms with Crippen LogP contribution in [0.15, 0.2) is 47.8 Å². The van der Waals surface area contributed by atoms with Crippen molar-refractivity contribution in [2.75, 3.05) is 51.9 Å². The highest BCUT2D eigenvalue weighted by molar-refractivity contribution is 7.14. The van der Waals surface area contributed by atoms with Crippen LogP contribution in [0.5, 0.6) is 17.2 Å². The number of hydrogen-bond donors (Lipinski definition) is 0. The molecule has 0 aliphatic heterocycles. The molecule has 1 heterocycles. The number of nitro benzene ring substituents is 1. The van der Waals surface area contributed by atoms with E-state index in [-0.39, 0.29) is 18.2 Å². The van der Waals surface area contributed by atoms with Gasteiger partial charge in [0, 0.05) is 29.6 Å². The zero-order valence-electron chi connectivity index (χ0n) is 21.5. The van der Waals surface area contributed by atoms with E-state index in [0.29, 0.717) is 34.6 Å². The highest BCUT2D eigenvalue weighted by Crippen LogP contribution is 2.36. The van der Waals surface area contributed by atoms with Gasteiger partial charge in [-0.1, -0.05) is 13.8 Å². The Bertz CT molecular complexity index is 1180. The molecule has 1 aromatic heterocycles. The standard InChI is InChI=1S/C26H32N4O6S/c1-5-28(6-2)14-7-15-29(25(31)17-36-20-10-8-19(9-11-20)30(32)33)26-27-23(18-37-26)22-16-21(34-3)12-13-24(22)35-4/h8-13,16,18H,5-7,14-15,17H2,1-4H3. The van der Waals surface area contributed by atoms with E-state index in [1.54, 1.807) is 19.1 Å². The number of rotatable bonds is 14. The summed E-state index contributed by atoms with van der Waals surface area (Å²) in [6, 6.07) is 11.1. The van der Waals surface area contributed by atoms with E-state index in [4.69, 9.17) is 19.2 Å². The molecule has 0 bridgehead atoms. The summed E-state index contributed by atoms with van der Waals surface area (Å²) in [6.45, 7) is 7.19. The predicted octanol–water partition coefficient (Wildman–Crippen LogP) is 4.88. The molecule has 0 aliphatic carbocycles. The molecule has 3 aromatic rings. The quantitative estimate of drug-likeness (QED) is 0.215. The fourth-order valence-electron chi connectivity index (χ4n) is 3.73. The molecule has 0 N–H and O–H groups in total. The van der Waals surface area contributed by atoms with Gasteiger partial charge in [-0.2, -0.15) is 0 Å². The molecule has 0 radical (unpaired) electrons. The average molecular weight is 529 g/mol. The van der Waals surface area contributed by atoms with E-state index >= 15 is 0 Å². The van der Waals surface area contributed by atoms with Gasteiger partial charge in [0.2, 0.25) is 0 Å². The molecule has 0 saturated carbocycles. The molecule has 0 aliphatic rings. The Morgan fingerprint density at radius 2 is 1.73 bits per heavy atom. The Labute approximate surface area is 220 Å². The Kier molecular flexibility index (Phi) is 10.2. The van der Waals surface area contributed by atoms with Gasteiger partial charge in [-0.25, -0.2) is 4.98 Å². The number of benzene rings is 2. The van der Waals surface area contributed by atoms with Crippen LogP contribution in [-0.4, -0.2) is 67.7 Å².